The first kappa shape index (κ1) is 9.25. The third kappa shape index (κ3) is 4.16. The van der Waals surface area contributed by atoms with Crippen molar-refractivity contribution in [3.63, 3.8) is 0 Å². The monoisotopic (exact) mass is 141 g/mol. The van der Waals surface area contributed by atoms with Crippen molar-refractivity contribution in [3.05, 3.63) is 0 Å². The molecule has 0 spiro atoms. The number of nitrogens with one attached hydrogen (secondary N) is 2. The Morgan fingerprint density at radius 1 is 1.50 bits per heavy atom. The van der Waals surface area contributed by atoms with Crippen molar-refractivity contribution in [3.8, 4) is 6.19 Å². The standard InChI is InChI=1S/C7H15N3/c1-4-5-7(2,3)10-9-6-8/h9-10H,4-5H2,1-3H3. The van der Waals surface area contributed by atoms with Crippen LogP contribution in [0, 0.1) is 11.5 Å². The zero-order valence-corrected chi connectivity index (χ0v) is 6.86. The molecule has 0 atom stereocenters. The fourth-order valence-corrected chi connectivity index (χ4v) is 0.885. The van der Waals surface area contributed by atoms with Crippen molar-refractivity contribution >= 4 is 0 Å². The van der Waals surface area contributed by atoms with Gasteiger partial charge in [-0.3, -0.25) is 5.43 Å². The van der Waals surface area contributed by atoms with Crippen molar-refractivity contribution in [2.75, 3.05) is 0 Å². The Bertz CT molecular complexity index is 123. The fourth-order valence-electron chi connectivity index (χ4n) is 0.885. The molecule has 0 radical (unpaired) electrons. The highest BCUT2D eigenvalue weighted by molar-refractivity contribution is 4.76. The van der Waals surface area contributed by atoms with Gasteiger partial charge in [0, 0.05) is 5.54 Å². The van der Waals surface area contributed by atoms with Gasteiger partial charge in [0.2, 0.25) is 0 Å². The maximum absolute atomic E-state index is 8.17. The molecule has 0 aliphatic rings. The molecule has 3 heteroatoms. The fraction of sp³-hybridized carbons (Fsp3) is 0.857. The van der Waals surface area contributed by atoms with E-state index in [4.69, 9.17) is 5.26 Å². The van der Waals surface area contributed by atoms with Crippen LogP contribution in [0.25, 0.3) is 0 Å². The van der Waals surface area contributed by atoms with Crippen LogP contribution in [0.15, 0.2) is 0 Å². The van der Waals surface area contributed by atoms with E-state index in [1.807, 2.05) is 6.19 Å². The highest BCUT2D eigenvalue weighted by Crippen LogP contribution is 2.08. The molecule has 0 aromatic rings. The summed E-state index contributed by atoms with van der Waals surface area (Å²) in [5.74, 6) is 0. The molecule has 0 bridgehead atoms. The summed E-state index contributed by atoms with van der Waals surface area (Å²) >= 11 is 0. The summed E-state index contributed by atoms with van der Waals surface area (Å²) in [5, 5.41) is 8.17. The molecule has 0 aromatic heterocycles. The van der Waals surface area contributed by atoms with Crippen molar-refractivity contribution in [2.45, 2.75) is 39.2 Å². The zero-order valence-electron chi connectivity index (χ0n) is 6.86. The Labute approximate surface area is 62.4 Å². The molecule has 0 saturated carbocycles. The minimum Gasteiger partial charge on any atom is -0.258 e. The molecular weight excluding hydrogens is 126 g/mol. The summed E-state index contributed by atoms with van der Waals surface area (Å²) in [4.78, 5) is 0. The average molecular weight is 141 g/mol. The molecule has 58 valence electrons. The van der Waals surface area contributed by atoms with Gasteiger partial charge in [-0.25, -0.2) is 5.43 Å². The normalized spacial score (nSPS) is 10.6. The van der Waals surface area contributed by atoms with Gasteiger partial charge in [-0.2, -0.15) is 5.26 Å². The lowest BCUT2D eigenvalue weighted by molar-refractivity contribution is 0.336. The lowest BCUT2D eigenvalue weighted by Crippen LogP contribution is -2.45. The first-order chi connectivity index (χ1) is 4.62. The molecule has 3 nitrogen and oxygen atoms in total. The Balaban J connectivity index is 3.54. The van der Waals surface area contributed by atoms with Crippen LogP contribution in [-0.2, 0) is 0 Å². The van der Waals surface area contributed by atoms with Crippen molar-refractivity contribution in [2.24, 2.45) is 0 Å². The molecule has 0 saturated heterocycles. The van der Waals surface area contributed by atoms with Gasteiger partial charge in [-0.15, -0.1) is 0 Å². The van der Waals surface area contributed by atoms with Crippen molar-refractivity contribution in [1.29, 1.82) is 5.26 Å². The Morgan fingerprint density at radius 2 is 2.10 bits per heavy atom. The third-order valence-corrected chi connectivity index (χ3v) is 1.33. The molecule has 0 heterocycles. The summed E-state index contributed by atoms with van der Waals surface area (Å²) in [6, 6.07) is 0. The lowest BCUT2D eigenvalue weighted by atomic mass is 10.0. The number of rotatable bonds is 4. The molecular formula is C7H15N3. The summed E-state index contributed by atoms with van der Waals surface area (Å²) < 4.78 is 0. The largest absolute Gasteiger partial charge is 0.258 e. The maximum Gasteiger partial charge on any atom is 0.192 e. The Morgan fingerprint density at radius 3 is 2.50 bits per heavy atom. The Kier molecular flexibility index (Phi) is 3.82. The van der Waals surface area contributed by atoms with Gasteiger partial charge < -0.3 is 0 Å². The summed E-state index contributed by atoms with van der Waals surface area (Å²) in [6.07, 6.45) is 4.00. The lowest BCUT2D eigenvalue weighted by Gasteiger charge is -2.23. The SMILES string of the molecule is CCCC(C)(C)NNC#N. The number of hydrogen-bond donors (Lipinski definition) is 2. The smallest absolute Gasteiger partial charge is 0.192 e. The molecule has 0 unspecified atom stereocenters. The second-order valence-electron chi connectivity index (χ2n) is 3.00. The average Bonchev–Trinajstić information content (AvgIpc) is 1.84. The molecule has 0 amide bonds. The van der Waals surface area contributed by atoms with E-state index in [2.05, 4.69) is 31.6 Å². The number of hydrazine groups is 1. The van der Waals surface area contributed by atoms with Crippen LogP contribution in [0.2, 0.25) is 0 Å². The summed E-state index contributed by atoms with van der Waals surface area (Å²) in [6.45, 7) is 6.23. The van der Waals surface area contributed by atoms with Gasteiger partial charge in [0.15, 0.2) is 6.19 Å². The highest BCUT2D eigenvalue weighted by atomic mass is 15.4. The van der Waals surface area contributed by atoms with E-state index in [9.17, 15) is 0 Å². The first-order valence-corrected chi connectivity index (χ1v) is 3.53. The van der Waals surface area contributed by atoms with Gasteiger partial charge >= 0.3 is 0 Å². The minimum absolute atomic E-state index is 0.0183. The van der Waals surface area contributed by atoms with Gasteiger partial charge in [0.05, 0.1) is 0 Å². The predicted molar refractivity (Wildman–Crippen MR) is 40.9 cm³/mol. The topological polar surface area (TPSA) is 47.8 Å². The van der Waals surface area contributed by atoms with E-state index in [-0.39, 0.29) is 5.54 Å². The molecule has 10 heavy (non-hydrogen) atoms. The molecule has 0 aliphatic heterocycles. The highest BCUT2D eigenvalue weighted by Gasteiger charge is 2.14. The van der Waals surface area contributed by atoms with Crippen LogP contribution in [0.1, 0.15) is 33.6 Å². The van der Waals surface area contributed by atoms with Gasteiger partial charge in [0.25, 0.3) is 0 Å². The van der Waals surface area contributed by atoms with Crippen LogP contribution >= 0.6 is 0 Å². The third-order valence-electron chi connectivity index (χ3n) is 1.33. The van der Waals surface area contributed by atoms with Crippen LogP contribution in [0.3, 0.4) is 0 Å². The molecule has 0 rings (SSSR count). The minimum atomic E-state index is 0.0183. The van der Waals surface area contributed by atoms with Crippen LogP contribution < -0.4 is 10.9 Å². The van der Waals surface area contributed by atoms with E-state index in [1.54, 1.807) is 0 Å². The van der Waals surface area contributed by atoms with E-state index < -0.39 is 0 Å². The summed E-state index contributed by atoms with van der Waals surface area (Å²) in [5.41, 5.74) is 5.35. The first-order valence-electron chi connectivity index (χ1n) is 3.53. The van der Waals surface area contributed by atoms with Gasteiger partial charge in [-0.05, 0) is 20.3 Å². The molecule has 0 fully saturated rings. The number of hydrogen-bond acceptors (Lipinski definition) is 3. The van der Waals surface area contributed by atoms with Crippen LogP contribution in [0.4, 0.5) is 0 Å². The summed E-state index contributed by atoms with van der Waals surface area (Å²) in [7, 11) is 0. The van der Waals surface area contributed by atoms with Crippen LogP contribution in [0.5, 0.6) is 0 Å². The van der Waals surface area contributed by atoms with E-state index >= 15 is 0 Å². The van der Waals surface area contributed by atoms with E-state index in [0.717, 1.165) is 12.8 Å². The molecule has 0 aromatic carbocycles. The second-order valence-corrected chi connectivity index (χ2v) is 3.00. The zero-order chi connectivity index (χ0) is 8.04. The second kappa shape index (κ2) is 4.13. The molecule has 0 aliphatic carbocycles. The Hall–Kier alpha value is -0.750. The van der Waals surface area contributed by atoms with E-state index in [0.29, 0.717) is 0 Å². The van der Waals surface area contributed by atoms with Gasteiger partial charge in [-0.1, -0.05) is 13.3 Å². The quantitative estimate of drug-likeness (QED) is 0.350. The predicted octanol–water partition coefficient (Wildman–Crippen LogP) is 1.14. The molecule has 2 N–H and O–H groups in total. The van der Waals surface area contributed by atoms with Crippen molar-refractivity contribution in [1.82, 2.24) is 10.9 Å². The van der Waals surface area contributed by atoms with E-state index in [1.165, 1.54) is 0 Å². The van der Waals surface area contributed by atoms with Gasteiger partial charge in [0.1, 0.15) is 0 Å². The number of nitriles is 1. The maximum atomic E-state index is 8.17. The van der Waals surface area contributed by atoms with Crippen molar-refractivity contribution < 1.29 is 0 Å². The van der Waals surface area contributed by atoms with Crippen LogP contribution in [-0.4, -0.2) is 5.54 Å². The number of nitrogens with zero attached hydrogens (tertiary/aromatic N) is 1.